The highest BCUT2D eigenvalue weighted by Gasteiger charge is 2.33. The molecule has 0 saturated carbocycles. The maximum atomic E-state index is 13.3. The third kappa shape index (κ3) is 9.50. The first-order chi connectivity index (χ1) is 23.6. The minimum absolute atomic E-state index is 0. The van der Waals surface area contributed by atoms with Crippen molar-refractivity contribution in [3.63, 3.8) is 0 Å². The van der Waals surface area contributed by atoms with Gasteiger partial charge in [-0.2, -0.15) is 13.2 Å². The predicted molar refractivity (Wildman–Crippen MR) is 199 cm³/mol. The number of nitrogens with zero attached hydrogens (tertiary/aromatic N) is 3. The van der Waals surface area contributed by atoms with E-state index < -0.39 is 11.7 Å². The lowest BCUT2D eigenvalue weighted by Gasteiger charge is -2.36. The summed E-state index contributed by atoms with van der Waals surface area (Å²) in [4.78, 5) is 20.6. The van der Waals surface area contributed by atoms with Crippen LogP contribution in [0.4, 0.5) is 24.5 Å². The molecular formula is C37H38Cl2F3N3O5S. The van der Waals surface area contributed by atoms with E-state index in [9.17, 15) is 28.2 Å². The molecule has 51 heavy (non-hydrogen) atoms. The normalized spacial score (nSPS) is 14.4. The number of β-amino-alcohol motifs (C(OH)–C–C–N with tert-alkyl or cyclic N) is 1. The monoisotopic (exact) mass is 763 g/mol. The number of rotatable bonds is 7. The van der Waals surface area contributed by atoms with E-state index in [4.69, 9.17) is 9.52 Å². The van der Waals surface area contributed by atoms with Gasteiger partial charge in [0.1, 0.15) is 28.2 Å². The number of anilines is 2. The van der Waals surface area contributed by atoms with Crippen LogP contribution in [0.5, 0.6) is 11.5 Å². The third-order valence-corrected chi connectivity index (χ3v) is 9.67. The first-order valence-corrected chi connectivity index (χ1v) is 16.8. The molecular weight excluding hydrogens is 726 g/mol. The van der Waals surface area contributed by atoms with Crippen LogP contribution in [0.25, 0.3) is 22.3 Å². The topological polar surface area (TPSA) is 101 Å². The number of piperazine rings is 1. The summed E-state index contributed by atoms with van der Waals surface area (Å²) in [6.07, 6.45) is -3.48. The molecule has 0 amide bonds. The van der Waals surface area contributed by atoms with Crippen molar-refractivity contribution < 1.29 is 32.9 Å². The van der Waals surface area contributed by atoms with Crippen LogP contribution < -0.4 is 10.3 Å². The van der Waals surface area contributed by atoms with E-state index in [2.05, 4.69) is 9.80 Å². The summed E-state index contributed by atoms with van der Waals surface area (Å²) in [7, 11) is 0. The molecule has 272 valence electrons. The van der Waals surface area contributed by atoms with Crippen LogP contribution in [0, 0.1) is 0 Å². The quantitative estimate of drug-likeness (QED) is 0.152. The first-order valence-electron chi connectivity index (χ1n) is 16.0. The van der Waals surface area contributed by atoms with E-state index in [0.717, 1.165) is 66.3 Å². The second-order valence-corrected chi connectivity index (χ2v) is 12.9. The molecule has 0 bridgehead atoms. The number of hydrogen-bond acceptors (Lipinski definition) is 9. The minimum Gasteiger partial charge on any atom is -0.508 e. The van der Waals surface area contributed by atoms with Crippen LogP contribution in [0.2, 0.25) is 0 Å². The molecule has 2 aliphatic heterocycles. The van der Waals surface area contributed by atoms with Gasteiger partial charge in [-0.3, -0.25) is 9.69 Å². The Labute approximate surface area is 309 Å². The van der Waals surface area contributed by atoms with Crippen molar-refractivity contribution in [2.24, 2.45) is 0 Å². The van der Waals surface area contributed by atoms with Gasteiger partial charge in [0, 0.05) is 72.8 Å². The predicted octanol–water partition coefficient (Wildman–Crippen LogP) is 8.02. The number of aliphatic hydroxyl groups excluding tert-OH is 1. The van der Waals surface area contributed by atoms with E-state index in [-0.39, 0.29) is 59.3 Å². The van der Waals surface area contributed by atoms with Crippen LogP contribution in [-0.4, -0.2) is 77.5 Å². The van der Waals surface area contributed by atoms with E-state index in [1.807, 2.05) is 59.5 Å². The van der Waals surface area contributed by atoms with Gasteiger partial charge in [-0.05, 0) is 43.3 Å². The summed E-state index contributed by atoms with van der Waals surface area (Å²) < 4.78 is 45.5. The van der Waals surface area contributed by atoms with Crippen molar-refractivity contribution in [3.05, 3.63) is 107 Å². The fourth-order valence-electron chi connectivity index (χ4n) is 6.08. The third-order valence-electron chi connectivity index (χ3n) is 8.54. The highest BCUT2D eigenvalue weighted by molar-refractivity contribution is 7.99. The van der Waals surface area contributed by atoms with Crippen LogP contribution in [-0.2, 0) is 6.18 Å². The fourth-order valence-corrected chi connectivity index (χ4v) is 7.15. The number of para-hydroxylation sites is 1. The Balaban J connectivity index is 0.000000241. The molecule has 3 heterocycles. The Morgan fingerprint density at radius 3 is 2.08 bits per heavy atom. The number of aromatic hydroxyl groups is 2. The zero-order valence-electron chi connectivity index (χ0n) is 27.4. The molecule has 14 heteroatoms. The number of hydrogen-bond donors (Lipinski definition) is 3. The Hall–Kier alpha value is -3.91. The molecule has 0 radical (unpaired) electrons. The molecule has 1 fully saturated rings. The van der Waals surface area contributed by atoms with Crippen LogP contribution in [0.15, 0.2) is 110 Å². The number of alkyl halides is 3. The number of phenolic OH excluding ortho intramolecular Hbond substituents is 2. The smallest absolute Gasteiger partial charge is 0.416 e. The molecule has 1 saturated heterocycles. The van der Waals surface area contributed by atoms with Gasteiger partial charge in [0.05, 0.1) is 23.5 Å². The maximum absolute atomic E-state index is 13.3. The molecule has 4 aromatic carbocycles. The summed E-state index contributed by atoms with van der Waals surface area (Å²) in [5.41, 5.74) is 1.57. The van der Waals surface area contributed by atoms with Gasteiger partial charge in [-0.1, -0.05) is 54.2 Å². The highest BCUT2D eigenvalue weighted by atomic mass is 35.5. The average Bonchev–Trinajstić information content (AvgIpc) is 3.08. The summed E-state index contributed by atoms with van der Waals surface area (Å²) in [6, 6.07) is 24.9. The molecule has 7 rings (SSSR count). The second-order valence-electron chi connectivity index (χ2n) is 11.8. The summed E-state index contributed by atoms with van der Waals surface area (Å²) in [6.45, 7) is 6.29. The lowest BCUT2D eigenvalue weighted by Crippen LogP contribution is -2.47. The van der Waals surface area contributed by atoms with Crippen molar-refractivity contribution in [2.75, 3.05) is 57.3 Å². The van der Waals surface area contributed by atoms with Gasteiger partial charge in [0.25, 0.3) is 0 Å². The van der Waals surface area contributed by atoms with Crippen molar-refractivity contribution in [1.29, 1.82) is 0 Å². The number of phenols is 2. The van der Waals surface area contributed by atoms with Crippen molar-refractivity contribution >= 4 is 58.9 Å². The van der Waals surface area contributed by atoms with Crippen LogP contribution >= 0.6 is 36.6 Å². The van der Waals surface area contributed by atoms with Gasteiger partial charge in [-0.25, -0.2) is 0 Å². The summed E-state index contributed by atoms with van der Waals surface area (Å²) in [5, 5.41) is 28.3. The van der Waals surface area contributed by atoms with Gasteiger partial charge >= 0.3 is 6.18 Å². The largest absolute Gasteiger partial charge is 0.508 e. The lowest BCUT2D eigenvalue weighted by atomic mass is 10.1. The highest BCUT2D eigenvalue weighted by Crippen LogP contribution is 2.49. The van der Waals surface area contributed by atoms with E-state index in [1.165, 1.54) is 36.0 Å². The number of halogens is 5. The van der Waals surface area contributed by atoms with E-state index >= 15 is 0 Å². The Bertz CT molecular complexity index is 1980. The zero-order chi connectivity index (χ0) is 34.5. The molecule has 0 atom stereocenters. The fraction of sp³-hybridized carbons (Fsp3) is 0.270. The molecule has 0 unspecified atom stereocenters. The van der Waals surface area contributed by atoms with Gasteiger partial charge in [0.15, 0.2) is 5.43 Å². The SMILES string of the molecule is Cl.Cl.O=c1cc(-c2ccccc2)oc2cc(O)cc(O)c12.OCCN1CCN(CCCN2c3ccccc3Sc3ccc(C(F)(F)F)cc32)CC1. The number of benzene rings is 4. The maximum Gasteiger partial charge on any atom is 0.416 e. The average molecular weight is 765 g/mol. The molecule has 5 aromatic rings. The van der Waals surface area contributed by atoms with Crippen molar-refractivity contribution in [3.8, 4) is 22.8 Å². The van der Waals surface area contributed by atoms with Crippen LogP contribution in [0.1, 0.15) is 12.0 Å². The Morgan fingerprint density at radius 1 is 0.745 bits per heavy atom. The van der Waals surface area contributed by atoms with E-state index in [0.29, 0.717) is 24.5 Å². The van der Waals surface area contributed by atoms with Gasteiger partial charge in [-0.15, -0.1) is 24.8 Å². The lowest BCUT2D eigenvalue weighted by molar-refractivity contribution is -0.137. The molecule has 0 spiro atoms. The first kappa shape index (κ1) is 39.9. The summed E-state index contributed by atoms with van der Waals surface area (Å²) in [5.74, 6) is -0.0511. The number of fused-ring (bicyclic) bond motifs is 3. The molecule has 2 aliphatic rings. The van der Waals surface area contributed by atoms with E-state index in [1.54, 1.807) is 6.07 Å². The number of aliphatic hydroxyl groups is 1. The minimum atomic E-state index is -4.35. The zero-order valence-corrected chi connectivity index (χ0v) is 29.8. The van der Waals surface area contributed by atoms with Crippen LogP contribution in [0.3, 0.4) is 0 Å². The Morgan fingerprint density at radius 2 is 1.39 bits per heavy atom. The van der Waals surface area contributed by atoms with Gasteiger partial charge < -0.3 is 29.5 Å². The molecule has 1 aromatic heterocycles. The van der Waals surface area contributed by atoms with Crippen molar-refractivity contribution in [2.45, 2.75) is 22.4 Å². The summed E-state index contributed by atoms with van der Waals surface area (Å²) >= 11 is 1.53. The molecule has 8 nitrogen and oxygen atoms in total. The van der Waals surface area contributed by atoms with Crippen molar-refractivity contribution in [1.82, 2.24) is 9.80 Å². The van der Waals surface area contributed by atoms with Gasteiger partial charge in [0.2, 0.25) is 0 Å². The second kappa shape index (κ2) is 17.5. The standard InChI is InChI=1S/C22H26F3N3OS.C15H10O4.2ClH/c23-22(24,25)17-6-7-21-19(16-17)28(18-4-1-2-5-20(18)30-21)9-3-8-26-10-12-27(13-11-26)14-15-29;16-10-6-11(17)15-12(18)8-13(19-14(15)7-10)9-4-2-1-3-5-9;;/h1-2,4-7,16,29H,3,8-15H2;1-8,16-17H;2*1H. The molecule has 3 N–H and O–H groups in total. The Kier molecular flexibility index (Phi) is 13.7. The molecule has 0 aliphatic carbocycles.